The predicted molar refractivity (Wildman–Crippen MR) is 114 cm³/mol. The molecule has 0 aliphatic heterocycles. The molecule has 0 aliphatic rings. The van der Waals surface area contributed by atoms with E-state index < -0.39 is 0 Å². The standard InChI is InChI=1S/C21H26ClFN4O2/c1-27(2)19(15-5-3-6-17(23)13-15)14-25-21(29)24-12-4-7-20(28)26-18-10-8-16(22)9-11-18/h3,5-6,8-11,13,19H,4,7,12,14H2,1-2H3,(H,26,28)(H2,24,25,29). The zero-order valence-corrected chi connectivity index (χ0v) is 17.3. The molecule has 0 aliphatic carbocycles. The van der Waals surface area contributed by atoms with Crippen LogP contribution in [0.15, 0.2) is 48.5 Å². The minimum atomic E-state index is -0.327. The van der Waals surface area contributed by atoms with Crippen LogP contribution in [0.2, 0.25) is 5.02 Å². The summed E-state index contributed by atoms with van der Waals surface area (Å²) in [6.45, 7) is 0.700. The van der Waals surface area contributed by atoms with Crippen molar-refractivity contribution < 1.29 is 14.0 Å². The summed E-state index contributed by atoms with van der Waals surface area (Å²) in [7, 11) is 3.74. The number of carbonyl (C=O) groups excluding carboxylic acids is 2. The Morgan fingerprint density at radius 2 is 1.83 bits per heavy atom. The molecule has 2 aromatic rings. The monoisotopic (exact) mass is 420 g/mol. The van der Waals surface area contributed by atoms with Gasteiger partial charge in [0.15, 0.2) is 0 Å². The minimum absolute atomic E-state index is 0.131. The highest BCUT2D eigenvalue weighted by Crippen LogP contribution is 2.18. The molecule has 2 aromatic carbocycles. The van der Waals surface area contributed by atoms with Crippen molar-refractivity contribution in [2.75, 3.05) is 32.5 Å². The Bertz CT molecular complexity index is 815. The normalized spacial score (nSPS) is 11.8. The lowest BCUT2D eigenvalue weighted by Gasteiger charge is -2.25. The number of hydrogen-bond donors (Lipinski definition) is 3. The number of nitrogens with zero attached hydrogens (tertiary/aromatic N) is 1. The van der Waals surface area contributed by atoms with Crippen LogP contribution < -0.4 is 16.0 Å². The molecule has 0 saturated carbocycles. The average molecular weight is 421 g/mol. The van der Waals surface area contributed by atoms with Gasteiger partial charge in [-0.3, -0.25) is 4.79 Å². The SMILES string of the molecule is CN(C)C(CNC(=O)NCCCC(=O)Nc1ccc(Cl)cc1)c1cccc(F)c1. The first-order valence-corrected chi connectivity index (χ1v) is 9.72. The Balaban J connectivity index is 1.68. The van der Waals surface area contributed by atoms with Gasteiger partial charge in [-0.15, -0.1) is 0 Å². The van der Waals surface area contributed by atoms with E-state index in [9.17, 15) is 14.0 Å². The maximum absolute atomic E-state index is 13.5. The maximum atomic E-state index is 13.5. The third-order valence-electron chi connectivity index (χ3n) is 4.31. The molecule has 3 N–H and O–H groups in total. The molecule has 0 bridgehead atoms. The van der Waals surface area contributed by atoms with E-state index in [0.717, 1.165) is 5.56 Å². The number of carbonyl (C=O) groups is 2. The van der Waals surface area contributed by atoms with Crippen molar-refractivity contribution in [2.24, 2.45) is 0 Å². The molecule has 1 unspecified atom stereocenters. The summed E-state index contributed by atoms with van der Waals surface area (Å²) in [5.74, 6) is -0.441. The number of amides is 3. The van der Waals surface area contributed by atoms with Crippen molar-refractivity contribution in [3.05, 3.63) is 64.9 Å². The zero-order valence-electron chi connectivity index (χ0n) is 16.5. The summed E-state index contributed by atoms with van der Waals surface area (Å²) in [5.41, 5.74) is 1.46. The minimum Gasteiger partial charge on any atom is -0.338 e. The van der Waals surface area contributed by atoms with Crippen LogP contribution in [0.3, 0.4) is 0 Å². The maximum Gasteiger partial charge on any atom is 0.314 e. The van der Waals surface area contributed by atoms with E-state index in [1.54, 1.807) is 30.3 Å². The number of hydrogen-bond acceptors (Lipinski definition) is 3. The number of rotatable bonds is 9. The highest BCUT2D eigenvalue weighted by molar-refractivity contribution is 6.30. The molecular weight excluding hydrogens is 395 g/mol. The van der Waals surface area contributed by atoms with Crippen LogP contribution in [0, 0.1) is 5.82 Å². The molecule has 0 aromatic heterocycles. The Labute approximate surface area is 175 Å². The van der Waals surface area contributed by atoms with Crippen LogP contribution in [0.25, 0.3) is 0 Å². The van der Waals surface area contributed by atoms with Crippen molar-refractivity contribution in [1.82, 2.24) is 15.5 Å². The molecule has 0 heterocycles. The van der Waals surface area contributed by atoms with Gasteiger partial charge in [-0.1, -0.05) is 23.7 Å². The van der Waals surface area contributed by atoms with Crippen LogP contribution in [0.1, 0.15) is 24.4 Å². The number of nitrogens with one attached hydrogen (secondary N) is 3. The molecule has 156 valence electrons. The Hall–Kier alpha value is -2.64. The summed E-state index contributed by atoms with van der Waals surface area (Å²) in [6.07, 6.45) is 0.792. The van der Waals surface area contributed by atoms with Gasteiger partial charge in [-0.05, 0) is 62.5 Å². The van der Waals surface area contributed by atoms with Gasteiger partial charge >= 0.3 is 6.03 Å². The molecule has 8 heteroatoms. The third-order valence-corrected chi connectivity index (χ3v) is 4.56. The van der Waals surface area contributed by atoms with Crippen molar-refractivity contribution in [1.29, 1.82) is 0 Å². The van der Waals surface area contributed by atoms with Gasteiger partial charge in [0.05, 0.1) is 6.04 Å². The Kier molecular flexibility index (Phi) is 8.89. The first-order chi connectivity index (χ1) is 13.8. The first kappa shape index (κ1) is 22.6. The summed E-state index contributed by atoms with van der Waals surface area (Å²) >= 11 is 5.81. The van der Waals surface area contributed by atoms with Gasteiger partial charge in [-0.2, -0.15) is 0 Å². The van der Waals surface area contributed by atoms with Crippen molar-refractivity contribution >= 4 is 29.2 Å². The second kappa shape index (κ2) is 11.4. The summed E-state index contributed by atoms with van der Waals surface area (Å²) in [6, 6.07) is 12.7. The van der Waals surface area contributed by atoms with Crippen LogP contribution in [0.5, 0.6) is 0 Å². The lowest BCUT2D eigenvalue weighted by Crippen LogP contribution is -2.41. The highest BCUT2D eigenvalue weighted by atomic mass is 35.5. The number of urea groups is 1. The van der Waals surface area contributed by atoms with E-state index in [2.05, 4.69) is 16.0 Å². The largest absolute Gasteiger partial charge is 0.338 e. The molecular formula is C21H26ClFN4O2. The molecule has 1 atom stereocenters. The first-order valence-electron chi connectivity index (χ1n) is 9.34. The van der Waals surface area contributed by atoms with Gasteiger partial charge in [0.1, 0.15) is 5.82 Å². The van der Waals surface area contributed by atoms with E-state index in [4.69, 9.17) is 11.6 Å². The van der Waals surface area contributed by atoms with Crippen LogP contribution >= 0.6 is 11.6 Å². The van der Waals surface area contributed by atoms with Gasteiger partial charge < -0.3 is 20.9 Å². The molecule has 29 heavy (non-hydrogen) atoms. The molecule has 6 nitrogen and oxygen atoms in total. The fourth-order valence-corrected chi connectivity index (χ4v) is 2.90. The van der Waals surface area contributed by atoms with Crippen LogP contribution in [-0.2, 0) is 4.79 Å². The van der Waals surface area contributed by atoms with Crippen LogP contribution in [-0.4, -0.2) is 44.0 Å². The van der Waals surface area contributed by atoms with Gasteiger partial charge in [-0.25, -0.2) is 9.18 Å². The average Bonchev–Trinajstić information content (AvgIpc) is 2.67. The third kappa shape index (κ3) is 8.09. The van der Waals surface area contributed by atoms with Crippen LogP contribution in [0.4, 0.5) is 14.9 Å². The molecule has 3 amide bonds. The van der Waals surface area contributed by atoms with Crippen molar-refractivity contribution in [3.8, 4) is 0 Å². The van der Waals surface area contributed by atoms with E-state index in [0.29, 0.717) is 30.2 Å². The molecule has 2 rings (SSSR count). The lowest BCUT2D eigenvalue weighted by atomic mass is 10.1. The van der Waals surface area contributed by atoms with E-state index in [1.165, 1.54) is 12.1 Å². The quantitative estimate of drug-likeness (QED) is 0.540. The fraction of sp³-hybridized carbons (Fsp3) is 0.333. The fourth-order valence-electron chi connectivity index (χ4n) is 2.77. The van der Waals surface area contributed by atoms with Gasteiger partial charge in [0.25, 0.3) is 0 Å². The van der Waals surface area contributed by atoms with E-state index in [-0.39, 0.29) is 30.2 Å². The number of likely N-dealkylation sites (N-methyl/N-ethyl adjacent to an activating group) is 1. The Morgan fingerprint density at radius 1 is 1.10 bits per heavy atom. The van der Waals surface area contributed by atoms with Crippen molar-refractivity contribution in [2.45, 2.75) is 18.9 Å². The molecule has 0 spiro atoms. The second-order valence-electron chi connectivity index (χ2n) is 6.83. The summed E-state index contributed by atoms with van der Waals surface area (Å²) < 4.78 is 13.5. The molecule has 0 radical (unpaired) electrons. The zero-order chi connectivity index (χ0) is 21.2. The van der Waals surface area contributed by atoms with Gasteiger partial charge in [0, 0.05) is 30.2 Å². The highest BCUT2D eigenvalue weighted by Gasteiger charge is 2.15. The van der Waals surface area contributed by atoms with E-state index in [1.807, 2.05) is 25.1 Å². The molecule has 0 fully saturated rings. The number of benzene rings is 2. The Morgan fingerprint density at radius 3 is 2.48 bits per heavy atom. The molecule has 0 saturated heterocycles. The smallest absolute Gasteiger partial charge is 0.314 e. The summed E-state index contributed by atoms with van der Waals surface area (Å²) in [4.78, 5) is 25.8. The van der Waals surface area contributed by atoms with Gasteiger partial charge in [0.2, 0.25) is 5.91 Å². The number of anilines is 1. The lowest BCUT2D eigenvalue weighted by molar-refractivity contribution is -0.116. The topological polar surface area (TPSA) is 73.5 Å². The second-order valence-corrected chi connectivity index (χ2v) is 7.27. The number of halogens is 2. The predicted octanol–water partition coefficient (Wildman–Crippen LogP) is 3.80. The van der Waals surface area contributed by atoms with E-state index >= 15 is 0 Å². The van der Waals surface area contributed by atoms with Crippen molar-refractivity contribution in [3.63, 3.8) is 0 Å². The summed E-state index contributed by atoms with van der Waals surface area (Å²) in [5, 5.41) is 8.89.